The smallest absolute Gasteiger partial charge is 0.157 e. The normalized spacial score (nSPS) is 17.3. The van der Waals surface area contributed by atoms with Gasteiger partial charge in [0.25, 0.3) is 0 Å². The lowest BCUT2D eigenvalue weighted by Gasteiger charge is -2.35. The van der Waals surface area contributed by atoms with Gasteiger partial charge in [0.2, 0.25) is 0 Å². The molecule has 1 atom stereocenters. The van der Waals surface area contributed by atoms with Crippen LogP contribution in [0.25, 0.3) is 0 Å². The summed E-state index contributed by atoms with van der Waals surface area (Å²) in [5.41, 5.74) is 0.747. The van der Waals surface area contributed by atoms with Gasteiger partial charge in [-0.15, -0.1) is 0 Å². The van der Waals surface area contributed by atoms with E-state index in [4.69, 9.17) is 11.6 Å². The van der Waals surface area contributed by atoms with Crippen molar-refractivity contribution in [1.29, 1.82) is 0 Å². The van der Waals surface area contributed by atoms with Crippen molar-refractivity contribution in [3.8, 4) is 0 Å². The number of aryl methyl sites for hydroxylation is 1. The summed E-state index contributed by atoms with van der Waals surface area (Å²) in [6, 6.07) is 0. The summed E-state index contributed by atoms with van der Waals surface area (Å²) in [5.74, 6) is 1.74. The van der Waals surface area contributed by atoms with Crippen LogP contribution in [0.3, 0.4) is 0 Å². The van der Waals surface area contributed by atoms with Gasteiger partial charge in [0.05, 0.1) is 0 Å². The summed E-state index contributed by atoms with van der Waals surface area (Å²) < 4.78 is 1.88. The van der Waals surface area contributed by atoms with Crippen molar-refractivity contribution < 1.29 is 5.11 Å². The summed E-state index contributed by atoms with van der Waals surface area (Å²) >= 11 is 6.12. The second-order valence-corrected chi connectivity index (χ2v) is 6.14. The van der Waals surface area contributed by atoms with E-state index in [0.29, 0.717) is 5.15 Å². The van der Waals surface area contributed by atoms with Crippen LogP contribution in [0.4, 0.5) is 11.5 Å². The van der Waals surface area contributed by atoms with Crippen LogP contribution in [0, 0.1) is 5.92 Å². The quantitative estimate of drug-likeness (QED) is 0.830. The SMILES string of the molecule is CNc1c(Cl)ncnc1N1CCC(C(O)c2nccn2C)CC1. The van der Waals surface area contributed by atoms with E-state index in [1.165, 1.54) is 6.33 Å². The minimum Gasteiger partial charge on any atom is -0.385 e. The van der Waals surface area contributed by atoms with Crippen LogP contribution in [-0.2, 0) is 7.05 Å². The number of rotatable bonds is 4. The first-order chi connectivity index (χ1) is 11.1. The number of anilines is 2. The molecule has 2 aromatic rings. The van der Waals surface area contributed by atoms with E-state index in [2.05, 4.69) is 25.2 Å². The Bertz CT molecular complexity index is 668. The molecule has 1 aliphatic rings. The number of nitrogens with one attached hydrogen (secondary N) is 1. The molecular weight excluding hydrogens is 316 g/mol. The molecule has 1 aliphatic heterocycles. The molecule has 1 fully saturated rings. The maximum absolute atomic E-state index is 10.6. The predicted octanol–water partition coefficient (Wildman–Crippen LogP) is 1.86. The van der Waals surface area contributed by atoms with Gasteiger partial charge in [0.1, 0.15) is 23.9 Å². The van der Waals surface area contributed by atoms with E-state index in [1.807, 2.05) is 24.9 Å². The van der Waals surface area contributed by atoms with Gasteiger partial charge in [-0.1, -0.05) is 11.6 Å². The zero-order valence-electron chi connectivity index (χ0n) is 13.3. The van der Waals surface area contributed by atoms with Gasteiger partial charge in [-0.3, -0.25) is 0 Å². The van der Waals surface area contributed by atoms with Gasteiger partial charge in [-0.25, -0.2) is 15.0 Å². The van der Waals surface area contributed by atoms with Gasteiger partial charge in [-0.2, -0.15) is 0 Å². The molecule has 3 rings (SSSR count). The van der Waals surface area contributed by atoms with E-state index in [1.54, 1.807) is 6.20 Å². The maximum atomic E-state index is 10.6. The van der Waals surface area contributed by atoms with Gasteiger partial charge in [0.15, 0.2) is 11.0 Å². The second kappa shape index (κ2) is 6.72. The van der Waals surface area contributed by atoms with Crippen molar-refractivity contribution in [3.63, 3.8) is 0 Å². The lowest BCUT2D eigenvalue weighted by Crippen LogP contribution is -2.37. The molecule has 7 nitrogen and oxygen atoms in total. The van der Waals surface area contributed by atoms with Crippen LogP contribution in [0.1, 0.15) is 24.8 Å². The summed E-state index contributed by atoms with van der Waals surface area (Å²) in [4.78, 5) is 14.8. The Hall–Kier alpha value is -1.86. The van der Waals surface area contributed by atoms with Crippen molar-refractivity contribution in [3.05, 3.63) is 29.7 Å². The zero-order valence-corrected chi connectivity index (χ0v) is 14.0. The molecular formula is C15H21ClN6O. The highest BCUT2D eigenvalue weighted by atomic mass is 35.5. The lowest BCUT2D eigenvalue weighted by molar-refractivity contribution is 0.0824. The Kier molecular flexibility index (Phi) is 4.68. The molecule has 2 N–H and O–H groups in total. The molecule has 1 unspecified atom stereocenters. The monoisotopic (exact) mass is 336 g/mol. The first-order valence-electron chi connectivity index (χ1n) is 7.70. The number of nitrogens with zero attached hydrogens (tertiary/aromatic N) is 5. The zero-order chi connectivity index (χ0) is 16.4. The fourth-order valence-electron chi connectivity index (χ4n) is 3.11. The largest absolute Gasteiger partial charge is 0.385 e. The van der Waals surface area contributed by atoms with Crippen molar-refractivity contribution >= 4 is 23.1 Å². The number of aliphatic hydroxyl groups is 1. The molecule has 124 valence electrons. The van der Waals surface area contributed by atoms with Crippen LogP contribution in [0.5, 0.6) is 0 Å². The van der Waals surface area contributed by atoms with Crippen LogP contribution < -0.4 is 10.2 Å². The Morgan fingerprint density at radius 1 is 1.30 bits per heavy atom. The summed E-state index contributed by atoms with van der Waals surface area (Å²) in [7, 11) is 3.72. The molecule has 3 heterocycles. The third-order valence-corrected chi connectivity index (χ3v) is 4.73. The fourth-order valence-corrected chi connectivity index (χ4v) is 3.33. The fraction of sp³-hybridized carbons (Fsp3) is 0.533. The number of hydrogen-bond donors (Lipinski definition) is 2. The van der Waals surface area contributed by atoms with Crippen molar-refractivity contribution in [2.24, 2.45) is 13.0 Å². The molecule has 0 bridgehead atoms. The molecule has 0 saturated carbocycles. The minimum absolute atomic E-state index is 0.197. The average Bonchev–Trinajstić information content (AvgIpc) is 3.00. The molecule has 23 heavy (non-hydrogen) atoms. The van der Waals surface area contributed by atoms with E-state index >= 15 is 0 Å². The average molecular weight is 337 g/mol. The highest BCUT2D eigenvalue weighted by Crippen LogP contribution is 2.34. The molecule has 0 aliphatic carbocycles. The van der Waals surface area contributed by atoms with E-state index in [-0.39, 0.29) is 5.92 Å². The first kappa shape index (κ1) is 16.0. The van der Waals surface area contributed by atoms with E-state index in [0.717, 1.165) is 43.3 Å². The predicted molar refractivity (Wildman–Crippen MR) is 89.7 cm³/mol. The molecule has 0 radical (unpaired) electrons. The van der Waals surface area contributed by atoms with Crippen molar-refractivity contribution in [2.75, 3.05) is 30.4 Å². The van der Waals surface area contributed by atoms with Crippen molar-refractivity contribution in [1.82, 2.24) is 19.5 Å². The highest BCUT2D eigenvalue weighted by Gasteiger charge is 2.29. The number of halogens is 1. The molecule has 1 saturated heterocycles. The highest BCUT2D eigenvalue weighted by molar-refractivity contribution is 6.32. The number of imidazole rings is 1. The van der Waals surface area contributed by atoms with Crippen LogP contribution in [-0.4, -0.2) is 44.8 Å². The summed E-state index contributed by atoms with van der Waals surface area (Å²) in [6.45, 7) is 1.63. The van der Waals surface area contributed by atoms with E-state index < -0.39 is 6.10 Å². The Labute approximate surface area is 140 Å². The number of aliphatic hydroxyl groups excluding tert-OH is 1. The van der Waals surface area contributed by atoms with Crippen LogP contribution in [0.15, 0.2) is 18.7 Å². The molecule has 2 aromatic heterocycles. The van der Waals surface area contributed by atoms with Crippen LogP contribution >= 0.6 is 11.6 Å². The minimum atomic E-state index is -0.532. The van der Waals surface area contributed by atoms with Crippen LogP contribution in [0.2, 0.25) is 5.15 Å². The Morgan fingerprint density at radius 3 is 2.65 bits per heavy atom. The maximum Gasteiger partial charge on any atom is 0.157 e. The molecule has 0 amide bonds. The van der Waals surface area contributed by atoms with Crippen molar-refractivity contribution in [2.45, 2.75) is 18.9 Å². The third kappa shape index (κ3) is 3.11. The lowest BCUT2D eigenvalue weighted by atomic mass is 9.90. The van der Waals surface area contributed by atoms with E-state index in [9.17, 15) is 5.11 Å². The molecule has 0 aromatic carbocycles. The number of aromatic nitrogens is 4. The second-order valence-electron chi connectivity index (χ2n) is 5.78. The van der Waals surface area contributed by atoms with Gasteiger partial charge in [-0.05, 0) is 18.8 Å². The standard InChI is InChI=1S/C15H21ClN6O/c1-17-11-13(16)19-9-20-14(11)22-6-3-10(4-7-22)12(23)15-18-5-8-21(15)2/h5,8-10,12,17,23H,3-4,6-7H2,1-2H3. The Balaban J connectivity index is 1.69. The third-order valence-electron chi connectivity index (χ3n) is 4.44. The Morgan fingerprint density at radius 2 is 2.04 bits per heavy atom. The van der Waals surface area contributed by atoms with Gasteiger partial charge < -0.3 is 19.9 Å². The summed E-state index contributed by atoms with van der Waals surface area (Å²) in [5, 5.41) is 14.0. The molecule has 0 spiro atoms. The first-order valence-corrected chi connectivity index (χ1v) is 8.08. The summed E-state index contributed by atoms with van der Waals surface area (Å²) in [6.07, 6.45) is 6.27. The molecule has 8 heteroatoms. The van der Waals surface area contributed by atoms with Gasteiger partial charge in [0, 0.05) is 39.6 Å². The topological polar surface area (TPSA) is 79.1 Å². The van der Waals surface area contributed by atoms with Gasteiger partial charge >= 0.3 is 0 Å². The number of hydrogen-bond acceptors (Lipinski definition) is 6. The number of piperidine rings is 1.